The minimum absolute atomic E-state index is 0.110. The molecule has 1 N–H and O–H groups in total. The second-order valence-corrected chi connectivity index (χ2v) is 17.5. The molecule has 2 aliphatic rings. The Hall–Kier alpha value is -3.92. The van der Waals surface area contributed by atoms with Gasteiger partial charge in [-0.3, -0.25) is 4.55 Å². The van der Waals surface area contributed by atoms with Gasteiger partial charge in [0, 0.05) is 16.5 Å². The van der Waals surface area contributed by atoms with E-state index in [9.17, 15) is 13.0 Å². The molecular weight excluding hydrogens is 765 g/mol. The van der Waals surface area contributed by atoms with Crippen LogP contribution < -0.4 is 0 Å². The van der Waals surface area contributed by atoms with Crippen molar-refractivity contribution in [3.63, 3.8) is 0 Å². The van der Waals surface area contributed by atoms with Crippen LogP contribution in [0.25, 0.3) is 0 Å². The number of ether oxygens (including phenoxy) is 6. The first-order valence-electron chi connectivity index (χ1n) is 19.1. The molecule has 5 aromatic carbocycles. The van der Waals surface area contributed by atoms with Crippen LogP contribution in [0.1, 0.15) is 34.1 Å². The van der Waals surface area contributed by atoms with E-state index in [1.165, 1.54) is 0 Å². The summed E-state index contributed by atoms with van der Waals surface area (Å²) in [5, 5.41) is -0.234. The Balaban J connectivity index is 1.24. The standard InChI is InChI=1S/C45H48O10S2/c46-57(47,48)55-39-30-53-45(38-24-14-5-15-25-38)54-40(39)32-56-33-41(50-27-35-18-8-2-9-19-35)43(51-28-36-20-10-3-11-21-36)44(52-29-37-22-12-4-13-23-37)42(56)31-49-26-34-16-6-1-7-17-34/h1-25,39-45H,26-33H2/p+1/t39?,40-,41+,42-,43-,44-,45?,56?/m1/s1. The smallest absolute Gasteiger partial charge is 0.371 e. The van der Waals surface area contributed by atoms with Crippen LogP contribution in [0.2, 0.25) is 0 Å². The summed E-state index contributed by atoms with van der Waals surface area (Å²) in [7, 11) is -5.43. The Kier molecular flexibility index (Phi) is 15.0. The lowest BCUT2D eigenvalue weighted by Crippen LogP contribution is -2.62. The zero-order valence-corrected chi connectivity index (χ0v) is 33.2. The van der Waals surface area contributed by atoms with Crippen LogP contribution in [0.4, 0.5) is 0 Å². The molecule has 0 aliphatic carbocycles. The maximum atomic E-state index is 12.2. The van der Waals surface area contributed by atoms with Crippen molar-refractivity contribution in [3.05, 3.63) is 179 Å². The van der Waals surface area contributed by atoms with E-state index < -0.39 is 58.1 Å². The Bertz CT molecular complexity index is 2010. The average Bonchev–Trinajstić information content (AvgIpc) is 3.24. The first-order valence-corrected chi connectivity index (χ1v) is 22.1. The molecule has 2 saturated heterocycles. The van der Waals surface area contributed by atoms with Crippen LogP contribution >= 0.6 is 0 Å². The van der Waals surface area contributed by atoms with Gasteiger partial charge >= 0.3 is 10.4 Å². The van der Waals surface area contributed by atoms with E-state index in [1.807, 2.05) is 152 Å². The third kappa shape index (κ3) is 12.3. The van der Waals surface area contributed by atoms with Gasteiger partial charge in [0.05, 0.1) is 39.6 Å². The maximum Gasteiger partial charge on any atom is 0.397 e. The summed E-state index contributed by atoms with van der Waals surface area (Å²) in [6.07, 6.45) is -4.07. The zero-order chi connectivity index (χ0) is 39.3. The monoisotopic (exact) mass is 813 g/mol. The quantitative estimate of drug-likeness (QED) is 0.0716. The van der Waals surface area contributed by atoms with Crippen molar-refractivity contribution in [1.82, 2.24) is 0 Å². The second kappa shape index (κ2) is 20.7. The largest absolute Gasteiger partial charge is 0.397 e. The molecule has 2 aliphatic heterocycles. The van der Waals surface area contributed by atoms with Crippen molar-refractivity contribution in [3.8, 4) is 0 Å². The molecule has 2 fully saturated rings. The molecule has 10 nitrogen and oxygen atoms in total. The zero-order valence-electron chi connectivity index (χ0n) is 31.6. The third-order valence-corrected chi connectivity index (χ3v) is 13.2. The Morgan fingerprint density at radius 1 is 0.596 bits per heavy atom. The van der Waals surface area contributed by atoms with Crippen LogP contribution in [0.5, 0.6) is 0 Å². The molecule has 5 aromatic rings. The van der Waals surface area contributed by atoms with E-state index in [4.69, 9.17) is 32.6 Å². The van der Waals surface area contributed by atoms with Crippen molar-refractivity contribution in [2.45, 2.75) is 68.5 Å². The first kappa shape index (κ1) is 41.2. The van der Waals surface area contributed by atoms with Crippen molar-refractivity contribution < 1.29 is 45.6 Å². The van der Waals surface area contributed by atoms with Crippen molar-refractivity contribution in [2.24, 2.45) is 0 Å². The number of rotatable bonds is 18. The molecule has 0 aromatic heterocycles. The molecule has 0 amide bonds. The van der Waals surface area contributed by atoms with Gasteiger partial charge in [-0.15, -0.1) is 0 Å². The summed E-state index contributed by atoms with van der Waals surface area (Å²) < 4.78 is 79.1. The van der Waals surface area contributed by atoms with Gasteiger partial charge in [0.1, 0.15) is 42.0 Å². The molecule has 0 radical (unpaired) electrons. The van der Waals surface area contributed by atoms with Gasteiger partial charge in [-0.05, 0) is 22.3 Å². The summed E-state index contributed by atoms with van der Waals surface area (Å²) in [6, 6.07) is 49.5. The van der Waals surface area contributed by atoms with Gasteiger partial charge in [-0.1, -0.05) is 152 Å². The van der Waals surface area contributed by atoms with E-state index in [0.717, 1.165) is 27.8 Å². The third-order valence-electron chi connectivity index (χ3n) is 9.95. The lowest BCUT2D eigenvalue weighted by molar-refractivity contribution is -0.245. The van der Waals surface area contributed by atoms with Crippen molar-refractivity contribution in [1.29, 1.82) is 0 Å². The molecule has 7 rings (SSSR count). The first-order chi connectivity index (χ1) is 27.9. The predicted octanol–water partition coefficient (Wildman–Crippen LogP) is 7.26. The molecule has 3 unspecified atom stereocenters. The molecule has 0 bridgehead atoms. The summed E-state index contributed by atoms with van der Waals surface area (Å²) in [6.45, 7) is 1.63. The highest BCUT2D eigenvalue weighted by Crippen LogP contribution is 2.36. The van der Waals surface area contributed by atoms with Crippen molar-refractivity contribution in [2.75, 3.05) is 24.7 Å². The second-order valence-electron chi connectivity index (χ2n) is 14.1. The Morgan fingerprint density at radius 3 is 1.60 bits per heavy atom. The van der Waals surface area contributed by atoms with Gasteiger partial charge < -0.3 is 28.4 Å². The summed E-state index contributed by atoms with van der Waals surface area (Å²) in [5.41, 5.74) is 4.88. The van der Waals surface area contributed by atoms with E-state index in [1.54, 1.807) is 0 Å². The number of hydrogen-bond acceptors (Lipinski definition) is 9. The van der Waals surface area contributed by atoms with Crippen LogP contribution in [0, 0.1) is 0 Å². The van der Waals surface area contributed by atoms with Crippen LogP contribution in [0.15, 0.2) is 152 Å². The summed E-state index contributed by atoms with van der Waals surface area (Å²) >= 11 is 0. The lowest BCUT2D eigenvalue weighted by atomic mass is 10.0. The van der Waals surface area contributed by atoms with Gasteiger partial charge in [0.2, 0.25) is 0 Å². The predicted molar refractivity (Wildman–Crippen MR) is 218 cm³/mol. The number of benzene rings is 5. The average molecular weight is 814 g/mol. The molecular formula is C45H49O10S2+. The maximum absolute atomic E-state index is 12.2. The molecule has 2 heterocycles. The van der Waals surface area contributed by atoms with Crippen LogP contribution in [-0.2, 0) is 80.3 Å². The van der Waals surface area contributed by atoms with Crippen LogP contribution in [0.3, 0.4) is 0 Å². The van der Waals surface area contributed by atoms with Crippen molar-refractivity contribution >= 4 is 21.3 Å². The fourth-order valence-electron chi connectivity index (χ4n) is 7.11. The minimum Gasteiger partial charge on any atom is -0.371 e. The highest BCUT2D eigenvalue weighted by atomic mass is 32.3. The summed E-state index contributed by atoms with van der Waals surface area (Å²) in [5.74, 6) is 0.903. The Morgan fingerprint density at radius 2 is 1.07 bits per heavy atom. The van der Waals surface area contributed by atoms with E-state index >= 15 is 0 Å². The molecule has 8 atom stereocenters. The normalized spacial score (nSPS) is 25.2. The van der Waals surface area contributed by atoms with Gasteiger partial charge in [-0.25, -0.2) is 4.18 Å². The molecule has 300 valence electrons. The summed E-state index contributed by atoms with van der Waals surface area (Å²) in [4.78, 5) is 0. The lowest BCUT2D eigenvalue weighted by Gasteiger charge is -2.43. The van der Waals surface area contributed by atoms with E-state index in [-0.39, 0.29) is 11.9 Å². The van der Waals surface area contributed by atoms with Crippen LogP contribution in [-0.4, -0.2) is 73.5 Å². The molecule has 57 heavy (non-hydrogen) atoms. The minimum atomic E-state index is -4.83. The molecule has 0 spiro atoms. The fourth-order valence-corrected chi connectivity index (χ4v) is 10.6. The SMILES string of the molecule is O=S(=O)(O)OC1COC(c2ccccc2)O[C@@H]1C[S+]1C[C@H](OCc2ccccc2)[C@@H](OCc2ccccc2)[C@H](OCc2ccccc2)[C@H]1COCc1ccccc1. The highest BCUT2D eigenvalue weighted by Gasteiger charge is 2.55. The topological polar surface area (TPSA) is 119 Å². The van der Waals surface area contributed by atoms with Gasteiger partial charge in [0.25, 0.3) is 0 Å². The van der Waals surface area contributed by atoms with E-state index in [2.05, 4.69) is 0 Å². The molecule has 12 heteroatoms. The highest BCUT2D eigenvalue weighted by molar-refractivity contribution is 7.97. The Labute approximate surface area is 338 Å². The fraction of sp³-hybridized carbons (Fsp3) is 0.333. The number of hydrogen-bond donors (Lipinski definition) is 1. The van der Waals surface area contributed by atoms with Gasteiger partial charge in [-0.2, -0.15) is 8.42 Å². The molecule has 0 saturated carbocycles. The van der Waals surface area contributed by atoms with E-state index in [0.29, 0.717) is 44.5 Å². The van der Waals surface area contributed by atoms with Gasteiger partial charge in [0.15, 0.2) is 11.5 Å².